The Morgan fingerprint density at radius 3 is 2.36 bits per heavy atom. The maximum Gasteiger partial charge on any atom is 0.328 e. The standard InChI is InChI=1S/C9H8O4.Sr/c10-7-3-1-6(5-8(7)11)2-4-9(12)13;/h1-5,10-11H,(H,12,13);/b4-2+;. The third-order valence-corrected chi connectivity index (χ3v) is 1.42. The summed E-state index contributed by atoms with van der Waals surface area (Å²) in [6.07, 6.45) is 2.27. The molecule has 3 N–H and O–H groups in total. The first kappa shape index (κ1) is 13.5. The van der Waals surface area contributed by atoms with Crippen molar-refractivity contribution < 1.29 is 20.1 Å². The first-order valence-electron chi connectivity index (χ1n) is 3.52. The van der Waals surface area contributed by atoms with Gasteiger partial charge in [-0.3, -0.25) is 0 Å². The van der Waals surface area contributed by atoms with E-state index in [1.807, 2.05) is 0 Å². The van der Waals surface area contributed by atoms with Crippen molar-refractivity contribution in [3.8, 4) is 11.5 Å². The van der Waals surface area contributed by atoms with E-state index in [-0.39, 0.29) is 57.0 Å². The van der Waals surface area contributed by atoms with Gasteiger partial charge in [0.1, 0.15) is 0 Å². The Labute approximate surface area is 118 Å². The summed E-state index contributed by atoms with van der Waals surface area (Å²) in [6, 6.07) is 4.06. The van der Waals surface area contributed by atoms with Crippen LogP contribution in [0.5, 0.6) is 11.5 Å². The van der Waals surface area contributed by atoms with Crippen LogP contribution in [0.1, 0.15) is 5.56 Å². The number of aliphatic carboxylic acids is 1. The topological polar surface area (TPSA) is 77.8 Å². The Bertz CT molecular complexity index is 360. The summed E-state index contributed by atoms with van der Waals surface area (Å²) in [4.78, 5) is 10.1. The summed E-state index contributed by atoms with van der Waals surface area (Å²) in [5, 5.41) is 26.3. The van der Waals surface area contributed by atoms with Crippen LogP contribution in [0.4, 0.5) is 0 Å². The van der Waals surface area contributed by atoms with E-state index in [0.717, 1.165) is 6.08 Å². The molecule has 0 aromatic heterocycles. The van der Waals surface area contributed by atoms with Gasteiger partial charge >= 0.3 is 5.97 Å². The minimum absolute atomic E-state index is 0. The molecule has 0 aliphatic rings. The summed E-state index contributed by atoms with van der Waals surface area (Å²) in [7, 11) is 0. The van der Waals surface area contributed by atoms with E-state index >= 15 is 0 Å². The number of aromatic hydroxyl groups is 2. The molecule has 5 heteroatoms. The van der Waals surface area contributed by atoms with E-state index < -0.39 is 5.97 Å². The van der Waals surface area contributed by atoms with Crippen molar-refractivity contribution in [2.24, 2.45) is 0 Å². The van der Waals surface area contributed by atoms with Crippen LogP contribution < -0.4 is 0 Å². The second kappa shape index (κ2) is 6.08. The fraction of sp³-hybridized carbons (Fsp3) is 0. The van der Waals surface area contributed by atoms with Crippen molar-refractivity contribution in [2.45, 2.75) is 0 Å². The molecule has 14 heavy (non-hydrogen) atoms. The van der Waals surface area contributed by atoms with Gasteiger partial charge in [0.15, 0.2) is 11.5 Å². The van der Waals surface area contributed by atoms with E-state index in [1.54, 1.807) is 0 Å². The number of hydrogen-bond acceptors (Lipinski definition) is 3. The Balaban J connectivity index is 0.00000169. The van der Waals surface area contributed by atoms with Crippen molar-refractivity contribution in [3.63, 3.8) is 0 Å². The number of carbonyl (C=O) groups is 1. The molecule has 0 spiro atoms. The molecular weight excluding hydrogens is 260 g/mol. The van der Waals surface area contributed by atoms with E-state index in [4.69, 9.17) is 15.3 Å². The summed E-state index contributed by atoms with van der Waals surface area (Å²) in [5.41, 5.74) is 0.512. The van der Waals surface area contributed by atoms with Gasteiger partial charge in [-0.25, -0.2) is 4.79 Å². The molecule has 0 bridgehead atoms. The molecule has 0 heterocycles. The van der Waals surface area contributed by atoms with Crippen molar-refractivity contribution >= 4 is 57.5 Å². The summed E-state index contributed by atoms with van der Waals surface area (Å²) in [6.45, 7) is 0. The second-order valence-corrected chi connectivity index (χ2v) is 2.42. The minimum Gasteiger partial charge on any atom is -0.504 e. The van der Waals surface area contributed by atoms with Crippen molar-refractivity contribution in [3.05, 3.63) is 29.8 Å². The predicted octanol–water partition coefficient (Wildman–Crippen LogP) is 0.815. The van der Waals surface area contributed by atoms with E-state index in [1.165, 1.54) is 24.3 Å². The number of phenolic OH excluding ortho intramolecular Hbond substituents is 2. The molecule has 1 aromatic rings. The second-order valence-electron chi connectivity index (χ2n) is 2.42. The molecule has 1 rings (SSSR count). The average molecular weight is 268 g/mol. The summed E-state index contributed by atoms with van der Waals surface area (Å²) in [5.74, 6) is -1.56. The van der Waals surface area contributed by atoms with Crippen molar-refractivity contribution in [1.82, 2.24) is 0 Å². The van der Waals surface area contributed by atoms with Gasteiger partial charge in [-0.05, 0) is 23.8 Å². The van der Waals surface area contributed by atoms with Crippen molar-refractivity contribution in [1.29, 1.82) is 0 Å². The molecular formula is C9H8O4Sr. The Morgan fingerprint density at radius 2 is 1.86 bits per heavy atom. The number of phenols is 2. The Hall–Kier alpha value is -0.489. The maximum atomic E-state index is 10.1. The van der Waals surface area contributed by atoms with Crippen LogP contribution in [0.15, 0.2) is 24.3 Å². The fourth-order valence-corrected chi connectivity index (χ4v) is 0.812. The summed E-state index contributed by atoms with van der Waals surface area (Å²) >= 11 is 0. The maximum absolute atomic E-state index is 10.1. The number of carboxylic acid groups (broad SMARTS) is 1. The van der Waals surface area contributed by atoms with E-state index in [0.29, 0.717) is 5.56 Å². The zero-order valence-corrected chi connectivity index (χ0v) is 10.8. The third-order valence-electron chi connectivity index (χ3n) is 1.42. The molecule has 0 unspecified atom stereocenters. The first-order chi connectivity index (χ1) is 6.09. The van der Waals surface area contributed by atoms with Crippen LogP contribution in [0, 0.1) is 0 Å². The van der Waals surface area contributed by atoms with Gasteiger partial charge in [0.05, 0.1) is 0 Å². The molecule has 0 atom stereocenters. The monoisotopic (exact) mass is 268 g/mol. The molecule has 70 valence electrons. The van der Waals surface area contributed by atoms with Crippen LogP contribution in [0.25, 0.3) is 6.08 Å². The number of rotatable bonds is 2. The number of carboxylic acids is 1. The normalized spacial score (nSPS) is 9.71. The molecule has 0 fully saturated rings. The number of hydrogen-bond donors (Lipinski definition) is 3. The average Bonchev–Trinajstić information content (AvgIpc) is 2.07. The van der Waals surface area contributed by atoms with Gasteiger partial charge in [-0.2, -0.15) is 0 Å². The van der Waals surface area contributed by atoms with Gasteiger partial charge in [-0.15, -0.1) is 0 Å². The molecule has 0 saturated heterocycles. The predicted molar refractivity (Wildman–Crippen MR) is 52.2 cm³/mol. The van der Waals surface area contributed by atoms with Gasteiger partial charge in [0, 0.05) is 51.6 Å². The molecule has 0 aliphatic heterocycles. The van der Waals surface area contributed by atoms with Gasteiger partial charge in [-0.1, -0.05) is 6.07 Å². The fourth-order valence-electron chi connectivity index (χ4n) is 0.812. The SMILES string of the molecule is O=C(O)/C=C/c1ccc(O)c(O)c1.[Sr]. The largest absolute Gasteiger partial charge is 0.504 e. The van der Waals surface area contributed by atoms with Gasteiger partial charge in [0.2, 0.25) is 0 Å². The van der Waals surface area contributed by atoms with Gasteiger partial charge < -0.3 is 15.3 Å². The molecule has 2 radical (unpaired) electrons. The number of benzene rings is 1. The van der Waals surface area contributed by atoms with Crippen LogP contribution in [-0.4, -0.2) is 66.8 Å². The molecule has 4 nitrogen and oxygen atoms in total. The van der Waals surface area contributed by atoms with E-state index in [9.17, 15) is 4.79 Å². The molecule has 0 amide bonds. The van der Waals surface area contributed by atoms with Crippen LogP contribution in [-0.2, 0) is 4.79 Å². The van der Waals surface area contributed by atoms with E-state index in [2.05, 4.69) is 0 Å². The quantitative estimate of drug-likeness (QED) is 0.421. The molecule has 0 saturated carbocycles. The van der Waals surface area contributed by atoms with Crippen LogP contribution in [0.2, 0.25) is 0 Å². The van der Waals surface area contributed by atoms with Crippen LogP contribution in [0.3, 0.4) is 0 Å². The summed E-state index contributed by atoms with van der Waals surface area (Å²) < 4.78 is 0. The minimum atomic E-state index is -1.06. The van der Waals surface area contributed by atoms with Crippen LogP contribution >= 0.6 is 0 Å². The first-order valence-corrected chi connectivity index (χ1v) is 3.52. The zero-order chi connectivity index (χ0) is 9.84. The van der Waals surface area contributed by atoms with Gasteiger partial charge in [0.25, 0.3) is 0 Å². The smallest absolute Gasteiger partial charge is 0.328 e. The zero-order valence-electron chi connectivity index (χ0n) is 7.34. The van der Waals surface area contributed by atoms with Crippen molar-refractivity contribution in [2.75, 3.05) is 0 Å². The Morgan fingerprint density at radius 1 is 1.21 bits per heavy atom. The third kappa shape index (κ3) is 4.15. The molecule has 1 aromatic carbocycles. The molecule has 0 aliphatic carbocycles. The Kier molecular flexibility index (Phi) is 5.87.